The summed E-state index contributed by atoms with van der Waals surface area (Å²) < 4.78 is 0. The van der Waals surface area contributed by atoms with Gasteiger partial charge in [-0.05, 0) is 0 Å². The first kappa shape index (κ1) is 5.31. The Morgan fingerprint density at radius 2 is 2.50 bits per heavy atom. The van der Waals surface area contributed by atoms with E-state index in [4.69, 9.17) is 5.11 Å². The van der Waals surface area contributed by atoms with E-state index in [1.807, 2.05) is 0 Å². The number of aromatic hydroxyl groups is 1. The van der Waals surface area contributed by atoms with Crippen LogP contribution in [0.3, 0.4) is 0 Å². The Morgan fingerprint density at radius 3 is 2.75 bits per heavy atom. The maximum atomic E-state index is 9.92. The van der Waals surface area contributed by atoms with Gasteiger partial charge in [-0.2, -0.15) is 0 Å². The summed E-state index contributed by atoms with van der Waals surface area (Å²) in [4.78, 5) is 10.5. The van der Waals surface area contributed by atoms with Crippen LogP contribution in [0.5, 0.6) is 5.75 Å². The summed E-state index contributed by atoms with van der Waals surface area (Å²) >= 11 is 1.23. The van der Waals surface area contributed by atoms with Gasteiger partial charge in [0, 0.05) is 11.4 Å². The molecule has 1 aromatic rings. The van der Waals surface area contributed by atoms with Crippen molar-refractivity contribution in [1.82, 2.24) is 0 Å². The molecule has 0 aromatic carbocycles. The lowest BCUT2D eigenvalue weighted by atomic mass is 10.5. The van der Waals surface area contributed by atoms with Gasteiger partial charge in [-0.25, -0.2) is 0 Å². The summed E-state index contributed by atoms with van der Waals surface area (Å²) in [6.45, 7) is 0. The number of rotatable bonds is 1. The van der Waals surface area contributed by atoms with Crippen molar-refractivity contribution in [3.8, 4) is 5.75 Å². The third-order valence-corrected chi connectivity index (χ3v) is 1.57. The zero-order chi connectivity index (χ0) is 5.98. The first-order chi connectivity index (χ1) is 3.83. The SMILES string of the molecule is O=Cc1cc(O)cs1. The molecule has 42 valence electrons. The highest BCUT2D eigenvalue weighted by Gasteiger charge is 1.92. The predicted octanol–water partition coefficient (Wildman–Crippen LogP) is 1.27. The van der Waals surface area contributed by atoms with Crippen LogP contribution in [0.25, 0.3) is 0 Å². The van der Waals surface area contributed by atoms with Crippen molar-refractivity contribution in [1.29, 1.82) is 0 Å². The van der Waals surface area contributed by atoms with Gasteiger partial charge in [0.2, 0.25) is 0 Å². The van der Waals surface area contributed by atoms with Crippen LogP contribution in [0.1, 0.15) is 9.67 Å². The molecule has 0 fully saturated rings. The van der Waals surface area contributed by atoms with E-state index >= 15 is 0 Å². The summed E-state index contributed by atoms with van der Waals surface area (Å²) in [5.74, 6) is 0.164. The molecule has 0 atom stereocenters. The van der Waals surface area contributed by atoms with E-state index < -0.39 is 0 Å². The minimum absolute atomic E-state index is 0.164. The molecule has 0 unspecified atom stereocenters. The molecule has 0 spiro atoms. The molecule has 0 bridgehead atoms. The average Bonchev–Trinajstić information content (AvgIpc) is 2.14. The first-order valence-electron chi connectivity index (χ1n) is 2.05. The van der Waals surface area contributed by atoms with Crippen LogP contribution in [-0.4, -0.2) is 11.4 Å². The van der Waals surface area contributed by atoms with Crippen LogP contribution in [0.4, 0.5) is 0 Å². The van der Waals surface area contributed by atoms with Gasteiger partial charge in [0.25, 0.3) is 0 Å². The Balaban J connectivity index is 3.00. The normalized spacial score (nSPS) is 9.00. The van der Waals surface area contributed by atoms with Crippen molar-refractivity contribution < 1.29 is 9.90 Å². The Morgan fingerprint density at radius 1 is 1.75 bits per heavy atom. The van der Waals surface area contributed by atoms with Crippen molar-refractivity contribution in [2.45, 2.75) is 0 Å². The smallest absolute Gasteiger partial charge is 0.160 e. The number of carbonyl (C=O) groups excluding carboxylic acids is 1. The van der Waals surface area contributed by atoms with Crippen LogP contribution in [-0.2, 0) is 0 Å². The highest BCUT2D eigenvalue weighted by molar-refractivity contribution is 7.11. The van der Waals surface area contributed by atoms with E-state index in [2.05, 4.69) is 0 Å². The molecule has 0 saturated heterocycles. The van der Waals surface area contributed by atoms with Crippen LogP contribution in [0, 0.1) is 0 Å². The molecule has 1 aromatic heterocycles. The van der Waals surface area contributed by atoms with Crippen molar-refractivity contribution in [3.05, 3.63) is 16.3 Å². The van der Waals surface area contributed by atoms with E-state index in [0.717, 1.165) is 0 Å². The van der Waals surface area contributed by atoms with Crippen molar-refractivity contribution in [2.75, 3.05) is 0 Å². The summed E-state index contributed by atoms with van der Waals surface area (Å²) in [5.41, 5.74) is 0. The van der Waals surface area contributed by atoms with E-state index in [1.165, 1.54) is 22.8 Å². The van der Waals surface area contributed by atoms with Gasteiger partial charge in [-0.15, -0.1) is 11.3 Å². The molecular weight excluding hydrogens is 124 g/mol. The number of hydrogen-bond donors (Lipinski definition) is 1. The first-order valence-corrected chi connectivity index (χ1v) is 2.93. The van der Waals surface area contributed by atoms with Crippen LogP contribution in [0.2, 0.25) is 0 Å². The van der Waals surface area contributed by atoms with Gasteiger partial charge in [-0.3, -0.25) is 4.79 Å². The minimum Gasteiger partial charge on any atom is -0.507 e. The van der Waals surface area contributed by atoms with Gasteiger partial charge < -0.3 is 5.11 Å². The molecule has 1 rings (SSSR count). The van der Waals surface area contributed by atoms with Crippen molar-refractivity contribution in [2.24, 2.45) is 0 Å². The number of aldehydes is 1. The molecular formula is C5H4O2S. The van der Waals surface area contributed by atoms with Crippen molar-refractivity contribution >= 4 is 17.6 Å². The lowest BCUT2D eigenvalue weighted by molar-refractivity contribution is 0.112. The maximum Gasteiger partial charge on any atom is 0.160 e. The van der Waals surface area contributed by atoms with E-state index in [-0.39, 0.29) is 5.75 Å². The molecule has 1 heterocycles. The second kappa shape index (κ2) is 1.96. The second-order valence-corrected chi connectivity index (χ2v) is 2.27. The molecule has 0 amide bonds. The summed E-state index contributed by atoms with van der Waals surface area (Å²) in [5, 5.41) is 10.2. The van der Waals surface area contributed by atoms with Gasteiger partial charge in [0.05, 0.1) is 4.88 Å². The molecule has 0 aliphatic carbocycles. The Labute approximate surface area is 50.4 Å². The van der Waals surface area contributed by atoms with Gasteiger partial charge in [0.15, 0.2) is 6.29 Å². The number of thiophene rings is 1. The third-order valence-electron chi connectivity index (χ3n) is 0.722. The van der Waals surface area contributed by atoms with Gasteiger partial charge in [0.1, 0.15) is 5.75 Å². The molecule has 1 N–H and O–H groups in total. The fraction of sp³-hybridized carbons (Fsp3) is 0. The predicted molar refractivity (Wildman–Crippen MR) is 31.4 cm³/mol. The number of carbonyl (C=O) groups is 1. The van der Waals surface area contributed by atoms with Crippen LogP contribution >= 0.6 is 11.3 Å². The Hall–Kier alpha value is -0.830. The highest BCUT2D eigenvalue weighted by atomic mass is 32.1. The van der Waals surface area contributed by atoms with Crippen LogP contribution in [0.15, 0.2) is 11.4 Å². The van der Waals surface area contributed by atoms with E-state index in [1.54, 1.807) is 0 Å². The maximum absolute atomic E-state index is 9.92. The Bertz CT molecular complexity index is 192. The molecule has 3 heteroatoms. The Kier molecular flexibility index (Phi) is 1.30. The zero-order valence-electron chi connectivity index (χ0n) is 4.00. The molecule has 0 radical (unpaired) electrons. The van der Waals surface area contributed by atoms with Crippen LogP contribution < -0.4 is 0 Å². The molecule has 0 aliphatic rings. The standard InChI is InChI=1S/C5H4O2S/c6-2-5-1-4(7)3-8-5/h1-3,7H. The third kappa shape index (κ3) is 0.869. The second-order valence-electron chi connectivity index (χ2n) is 1.33. The lowest BCUT2D eigenvalue weighted by Gasteiger charge is -1.70. The van der Waals surface area contributed by atoms with Crippen molar-refractivity contribution in [3.63, 3.8) is 0 Å². The fourth-order valence-electron chi connectivity index (χ4n) is 0.404. The van der Waals surface area contributed by atoms with E-state index in [9.17, 15) is 4.79 Å². The molecule has 8 heavy (non-hydrogen) atoms. The molecule has 0 aliphatic heterocycles. The largest absolute Gasteiger partial charge is 0.507 e. The van der Waals surface area contributed by atoms with E-state index in [0.29, 0.717) is 11.2 Å². The zero-order valence-corrected chi connectivity index (χ0v) is 4.81. The quantitative estimate of drug-likeness (QED) is 0.578. The average molecular weight is 128 g/mol. The topological polar surface area (TPSA) is 37.3 Å². The minimum atomic E-state index is 0.164. The number of hydrogen-bond acceptors (Lipinski definition) is 3. The van der Waals surface area contributed by atoms with Gasteiger partial charge in [-0.1, -0.05) is 0 Å². The molecule has 0 saturated carbocycles. The molecule has 2 nitrogen and oxygen atoms in total. The summed E-state index contributed by atoms with van der Waals surface area (Å²) in [7, 11) is 0. The van der Waals surface area contributed by atoms with Gasteiger partial charge >= 0.3 is 0 Å². The lowest BCUT2D eigenvalue weighted by Crippen LogP contribution is -1.62. The summed E-state index contributed by atoms with van der Waals surface area (Å²) in [6, 6.07) is 1.43. The fourth-order valence-corrected chi connectivity index (χ4v) is 0.973. The highest BCUT2D eigenvalue weighted by Crippen LogP contribution is 2.17. The summed E-state index contributed by atoms with van der Waals surface area (Å²) in [6.07, 6.45) is 0.713. The monoisotopic (exact) mass is 128 g/mol.